The maximum atomic E-state index is 5.74. The molecule has 0 aliphatic carbocycles. The van der Waals surface area contributed by atoms with E-state index >= 15 is 0 Å². The summed E-state index contributed by atoms with van der Waals surface area (Å²) in [6.45, 7) is 8.84. The zero-order chi connectivity index (χ0) is 9.14. The first-order chi connectivity index (χ1) is 5.65. The Kier molecular flexibility index (Phi) is 3.53. The van der Waals surface area contributed by atoms with E-state index in [1.165, 1.54) is 6.42 Å². The van der Waals surface area contributed by atoms with Gasteiger partial charge >= 0.3 is 0 Å². The summed E-state index contributed by atoms with van der Waals surface area (Å²) >= 11 is 0. The van der Waals surface area contributed by atoms with Crippen LogP contribution in [0.4, 0.5) is 0 Å². The highest BCUT2D eigenvalue weighted by molar-refractivity contribution is 4.84. The number of nitrogens with one attached hydrogen (secondary N) is 1. The molecule has 1 fully saturated rings. The molecule has 1 aliphatic heterocycles. The number of rotatable bonds is 2. The van der Waals surface area contributed by atoms with Crippen molar-refractivity contribution >= 4 is 0 Å². The van der Waals surface area contributed by atoms with Crippen LogP contribution in [-0.2, 0) is 0 Å². The lowest BCUT2D eigenvalue weighted by Crippen LogP contribution is -2.46. The molecule has 0 amide bonds. The lowest BCUT2D eigenvalue weighted by atomic mass is 9.76. The van der Waals surface area contributed by atoms with Gasteiger partial charge in [-0.2, -0.15) is 0 Å². The predicted molar refractivity (Wildman–Crippen MR) is 53.0 cm³/mol. The molecule has 2 nitrogen and oxygen atoms in total. The summed E-state index contributed by atoms with van der Waals surface area (Å²) in [7, 11) is 0. The Bertz CT molecular complexity index is 134. The van der Waals surface area contributed by atoms with Gasteiger partial charge in [0.25, 0.3) is 0 Å². The Hall–Kier alpha value is -0.0800. The summed E-state index contributed by atoms with van der Waals surface area (Å²) in [5.74, 6) is 2.30. The molecule has 12 heavy (non-hydrogen) atoms. The summed E-state index contributed by atoms with van der Waals surface area (Å²) in [6, 6.07) is 0.681. The van der Waals surface area contributed by atoms with Crippen LogP contribution < -0.4 is 11.1 Å². The first-order valence-electron chi connectivity index (χ1n) is 5.08. The standard InChI is InChI=1S/C10H22N2/c1-7(2)10-4-8(3)12-6-9(10)5-11/h7-10,12H,4-6,11H2,1-3H3. The summed E-state index contributed by atoms with van der Waals surface area (Å²) in [5.41, 5.74) is 5.74. The van der Waals surface area contributed by atoms with Crippen LogP contribution in [0.5, 0.6) is 0 Å². The van der Waals surface area contributed by atoms with E-state index in [2.05, 4.69) is 26.1 Å². The van der Waals surface area contributed by atoms with Gasteiger partial charge in [-0.25, -0.2) is 0 Å². The van der Waals surface area contributed by atoms with Crippen LogP contribution >= 0.6 is 0 Å². The van der Waals surface area contributed by atoms with Gasteiger partial charge in [-0.3, -0.25) is 0 Å². The molecule has 3 N–H and O–H groups in total. The molecule has 0 aromatic heterocycles. The van der Waals surface area contributed by atoms with Gasteiger partial charge in [0.05, 0.1) is 0 Å². The first-order valence-corrected chi connectivity index (χ1v) is 5.08. The molecule has 0 bridgehead atoms. The van der Waals surface area contributed by atoms with Crippen molar-refractivity contribution in [2.75, 3.05) is 13.1 Å². The van der Waals surface area contributed by atoms with Crippen molar-refractivity contribution in [2.24, 2.45) is 23.5 Å². The van der Waals surface area contributed by atoms with Crippen LogP contribution in [0, 0.1) is 17.8 Å². The largest absolute Gasteiger partial charge is 0.330 e. The number of hydrogen-bond acceptors (Lipinski definition) is 2. The fraction of sp³-hybridized carbons (Fsp3) is 1.00. The third kappa shape index (κ3) is 2.20. The summed E-state index contributed by atoms with van der Waals surface area (Å²) in [5, 5.41) is 3.49. The Morgan fingerprint density at radius 3 is 2.67 bits per heavy atom. The van der Waals surface area contributed by atoms with Crippen molar-refractivity contribution in [1.29, 1.82) is 0 Å². The van der Waals surface area contributed by atoms with Crippen molar-refractivity contribution in [3.8, 4) is 0 Å². The molecule has 0 aromatic rings. The van der Waals surface area contributed by atoms with E-state index in [1.54, 1.807) is 0 Å². The highest BCUT2D eigenvalue weighted by atomic mass is 14.9. The van der Waals surface area contributed by atoms with Gasteiger partial charge in [-0.15, -0.1) is 0 Å². The quantitative estimate of drug-likeness (QED) is 0.654. The second-order valence-corrected chi connectivity index (χ2v) is 4.45. The second-order valence-electron chi connectivity index (χ2n) is 4.45. The zero-order valence-corrected chi connectivity index (χ0v) is 8.51. The topological polar surface area (TPSA) is 38.0 Å². The molecule has 2 heteroatoms. The van der Waals surface area contributed by atoms with E-state index in [0.717, 1.165) is 24.9 Å². The van der Waals surface area contributed by atoms with Crippen molar-refractivity contribution in [3.05, 3.63) is 0 Å². The van der Waals surface area contributed by atoms with E-state index in [9.17, 15) is 0 Å². The lowest BCUT2D eigenvalue weighted by molar-refractivity contribution is 0.171. The van der Waals surface area contributed by atoms with Gasteiger partial charge in [0.1, 0.15) is 0 Å². The Morgan fingerprint density at radius 1 is 1.50 bits per heavy atom. The molecule has 0 radical (unpaired) electrons. The van der Waals surface area contributed by atoms with Crippen LogP contribution in [0.2, 0.25) is 0 Å². The van der Waals surface area contributed by atoms with Crippen LogP contribution in [0.3, 0.4) is 0 Å². The maximum Gasteiger partial charge on any atom is 0.00417 e. The molecule has 0 aromatic carbocycles. The van der Waals surface area contributed by atoms with Crippen molar-refractivity contribution < 1.29 is 0 Å². The van der Waals surface area contributed by atoms with E-state index in [1.807, 2.05) is 0 Å². The third-order valence-electron chi connectivity index (χ3n) is 3.12. The van der Waals surface area contributed by atoms with Gasteiger partial charge in [0.2, 0.25) is 0 Å². The van der Waals surface area contributed by atoms with E-state index < -0.39 is 0 Å². The average Bonchev–Trinajstić information content (AvgIpc) is 2.04. The van der Waals surface area contributed by atoms with E-state index in [0.29, 0.717) is 12.0 Å². The zero-order valence-electron chi connectivity index (χ0n) is 8.51. The van der Waals surface area contributed by atoms with Gasteiger partial charge in [-0.05, 0) is 44.2 Å². The summed E-state index contributed by atoms with van der Waals surface area (Å²) in [4.78, 5) is 0. The van der Waals surface area contributed by atoms with Crippen LogP contribution in [0.1, 0.15) is 27.2 Å². The Balaban J connectivity index is 2.52. The first kappa shape index (κ1) is 10.0. The Labute approximate surface area is 75.9 Å². The molecule has 1 saturated heterocycles. The molecule has 1 aliphatic rings. The number of hydrogen-bond donors (Lipinski definition) is 2. The van der Waals surface area contributed by atoms with Crippen molar-refractivity contribution in [2.45, 2.75) is 33.2 Å². The third-order valence-corrected chi connectivity index (χ3v) is 3.12. The SMILES string of the molecule is CC1CC(C(C)C)C(CN)CN1. The monoisotopic (exact) mass is 170 g/mol. The molecule has 1 rings (SSSR count). The van der Waals surface area contributed by atoms with Crippen molar-refractivity contribution in [3.63, 3.8) is 0 Å². The van der Waals surface area contributed by atoms with E-state index in [4.69, 9.17) is 5.73 Å². The maximum absolute atomic E-state index is 5.74. The minimum Gasteiger partial charge on any atom is -0.330 e. The molecule has 3 atom stereocenters. The average molecular weight is 170 g/mol. The molecule has 0 spiro atoms. The van der Waals surface area contributed by atoms with Gasteiger partial charge in [0.15, 0.2) is 0 Å². The molecule has 1 heterocycles. The normalized spacial score (nSPS) is 37.2. The number of piperidine rings is 1. The summed E-state index contributed by atoms with van der Waals surface area (Å²) < 4.78 is 0. The van der Waals surface area contributed by atoms with Gasteiger partial charge in [-0.1, -0.05) is 13.8 Å². The smallest absolute Gasteiger partial charge is 0.00417 e. The van der Waals surface area contributed by atoms with Crippen molar-refractivity contribution in [1.82, 2.24) is 5.32 Å². The molecule has 0 saturated carbocycles. The van der Waals surface area contributed by atoms with Crippen LogP contribution in [0.25, 0.3) is 0 Å². The highest BCUT2D eigenvalue weighted by Gasteiger charge is 2.29. The minimum atomic E-state index is 0.681. The highest BCUT2D eigenvalue weighted by Crippen LogP contribution is 2.28. The second kappa shape index (κ2) is 4.24. The molecular formula is C10H22N2. The lowest BCUT2D eigenvalue weighted by Gasteiger charge is -2.37. The van der Waals surface area contributed by atoms with Crippen LogP contribution in [0.15, 0.2) is 0 Å². The minimum absolute atomic E-state index is 0.681. The fourth-order valence-corrected chi connectivity index (χ4v) is 2.26. The Morgan fingerprint density at radius 2 is 2.17 bits per heavy atom. The van der Waals surface area contributed by atoms with E-state index in [-0.39, 0.29) is 0 Å². The number of nitrogens with two attached hydrogens (primary N) is 1. The van der Waals surface area contributed by atoms with Gasteiger partial charge in [0, 0.05) is 6.04 Å². The molecule has 3 unspecified atom stereocenters. The van der Waals surface area contributed by atoms with Crippen LogP contribution in [-0.4, -0.2) is 19.1 Å². The molecule has 72 valence electrons. The predicted octanol–water partition coefficient (Wildman–Crippen LogP) is 1.22. The van der Waals surface area contributed by atoms with Gasteiger partial charge < -0.3 is 11.1 Å². The molecular weight excluding hydrogens is 148 g/mol. The fourth-order valence-electron chi connectivity index (χ4n) is 2.26. The summed E-state index contributed by atoms with van der Waals surface area (Å²) in [6.07, 6.45) is 1.29.